The topological polar surface area (TPSA) is 89.3 Å². The van der Waals surface area contributed by atoms with Gasteiger partial charge in [0.25, 0.3) is 5.91 Å². The summed E-state index contributed by atoms with van der Waals surface area (Å²) < 4.78 is 11.8. The Labute approximate surface area is 171 Å². The molecule has 7 heteroatoms. The molecule has 1 amide bonds. The van der Waals surface area contributed by atoms with Crippen LogP contribution in [0.3, 0.4) is 0 Å². The molecule has 1 aliphatic heterocycles. The minimum Gasteiger partial charge on any atom is -0.444 e. The zero-order valence-electron chi connectivity index (χ0n) is 16.9. The number of nitrogens with one attached hydrogen (secondary N) is 2. The van der Waals surface area contributed by atoms with Crippen LogP contribution in [0.4, 0.5) is 5.82 Å². The van der Waals surface area contributed by atoms with E-state index in [0.29, 0.717) is 18.4 Å². The summed E-state index contributed by atoms with van der Waals surface area (Å²) in [6.45, 7) is 2.12. The third kappa shape index (κ3) is 5.35. The van der Waals surface area contributed by atoms with Gasteiger partial charge >= 0.3 is 0 Å². The van der Waals surface area contributed by atoms with Gasteiger partial charge in [-0.3, -0.25) is 4.79 Å². The minimum absolute atomic E-state index is 0.0682. The number of nitrogens with zero attached hydrogens (tertiary/aromatic N) is 2. The third-order valence-corrected chi connectivity index (χ3v) is 5.84. The summed E-state index contributed by atoms with van der Waals surface area (Å²) >= 11 is 0. The molecular weight excluding hydrogens is 368 g/mol. The SMILES string of the molecule is O=C1NCC(C2CCCCC2)OCCCCCNc2cc(ccn2)-c2nc1co2. The summed E-state index contributed by atoms with van der Waals surface area (Å²) in [4.78, 5) is 21.3. The molecule has 3 heterocycles. The van der Waals surface area contributed by atoms with E-state index in [2.05, 4.69) is 20.6 Å². The largest absolute Gasteiger partial charge is 0.444 e. The molecule has 1 atom stereocenters. The lowest BCUT2D eigenvalue weighted by Crippen LogP contribution is -2.39. The monoisotopic (exact) mass is 398 g/mol. The van der Waals surface area contributed by atoms with Gasteiger partial charge in [0.15, 0.2) is 5.69 Å². The first-order valence-corrected chi connectivity index (χ1v) is 10.9. The average Bonchev–Trinajstić information content (AvgIpc) is 3.26. The van der Waals surface area contributed by atoms with Crippen LogP contribution < -0.4 is 10.6 Å². The van der Waals surface area contributed by atoms with E-state index in [0.717, 1.165) is 43.8 Å². The standard InChI is InChI=1S/C22H30N4O3/c27-21-18-15-29-22(26-18)17-9-11-24-20(13-17)23-10-5-2-6-12-28-19(14-25-21)16-7-3-1-4-8-16/h9,11,13,15-16,19H,1-8,10,12,14H2,(H,23,24)(H,25,27). The number of carbonyl (C=O) groups is 1. The molecule has 0 saturated heterocycles. The quantitative estimate of drug-likeness (QED) is 0.754. The summed E-state index contributed by atoms with van der Waals surface area (Å²) in [5.74, 6) is 1.50. The second-order valence-electron chi connectivity index (χ2n) is 7.97. The van der Waals surface area contributed by atoms with Gasteiger partial charge in [0.05, 0.1) is 6.10 Å². The molecule has 1 unspecified atom stereocenters. The number of anilines is 1. The molecular formula is C22H30N4O3. The molecule has 2 N–H and O–H groups in total. The van der Waals surface area contributed by atoms with Gasteiger partial charge in [0.2, 0.25) is 5.89 Å². The number of pyridine rings is 1. The molecule has 1 saturated carbocycles. The second kappa shape index (κ2) is 9.87. The Kier molecular flexibility index (Phi) is 6.77. The van der Waals surface area contributed by atoms with Gasteiger partial charge in [-0.15, -0.1) is 0 Å². The van der Waals surface area contributed by atoms with Crippen molar-refractivity contribution in [2.45, 2.75) is 57.5 Å². The molecule has 0 radical (unpaired) electrons. The van der Waals surface area contributed by atoms with Crippen LogP contribution in [0.1, 0.15) is 61.9 Å². The Bertz CT molecular complexity index is 801. The van der Waals surface area contributed by atoms with E-state index in [1.807, 2.05) is 12.1 Å². The highest BCUT2D eigenvalue weighted by molar-refractivity contribution is 5.92. The van der Waals surface area contributed by atoms with Gasteiger partial charge in [-0.1, -0.05) is 19.3 Å². The van der Waals surface area contributed by atoms with E-state index in [1.54, 1.807) is 6.20 Å². The van der Waals surface area contributed by atoms with Crippen molar-refractivity contribution < 1.29 is 13.9 Å². The number of ether oxygens (including phenoxy) is 1. The first kappa shape index (κ1) is 19.9. The maximum atomic E-state index is 12.6. The Morgan fingerprint density at radius 1 is 1.03 bits per heavy atom. The average molecular weight is 399 g/mol. The zero-order chi connectivity index (χ0) is 19.9. The van der Waals surface area contributed by atoms with Crippen molar-refractivity contribution >= 4 is 11.7 Å². The van der Waals surface area contributed by atoms with E-state index >= 15 is 0 Å². The van der Waals surface area contributed by atoms with Crippen molar-refractivity contribution in [3.05, 3.63) is 30.3 Å². The molecule has 1 fully saturated rings. The maximum absolute atomic E-state index is 12.6. The van der Waals surface area contributed by atoms with E-state index in [9.17, 15) is 4.79 Å². The van der Waals surface area contributed by atoms with Crippen molar-refractivity contribution in [3.8, 4) is 11.5 Å². The van der Waals surface area contributed by atoms with E-state index in [-0.39, 0.29) is 17.7 Å². The van der Waals surface area contributed by atoms with Gasteiger partial charge < -0.3 is 19.8 Å². The van der Waals surface area contributed by atoms with E-state index in [1.165, 1.54) is 38.4 Å². The fraction of sp³-hybridized carbons (Fsp3) is 0.591. The number of aromatic nitrogens is 2. The van der Waals surface area contributed by atoms with Crippen molar-refractivity contribution in [3.63, 3.8) is 0 Å². The number of hydrogen-bond donors (Lipinski definition) is 2. The molecule has 4 rings (SSSR count). The molecule has 2 aliphatic rings. The molecule has 2 aromatic heterocycles. The van der Waals surface area contributed by atoms with Crippen LogP contribution in [0.15, 0.2) is 29.0 Å². The third-order valence-electron chi connectivity index (χ3n) is 5.84. The van der Waals surface area contributed by atoms with Crippen LogP contribution in [-0.4, -0.2) is 41.7 Å². The molecule has 0 aromatic carbocycles. The number of amides is 1. The van der Waals surface area contributed by atoms with Crippen LogP contribution in [0, 0.1) is 5.92 Å². The molecule has 1 aliphatic carbocycles. The van der Waals surface area contributed by atoms with Crippen molar-refractivity contribution in [1.82, 2.24) is 15.3 Å². The smallest absolute Gasteiger partial charge is 0.273 e. The summed E-state index contributed by atoms with van der Waals surface area (Å²) in [5, 5.41) is 6.36. The lowest BCUT2D eigenvalue weighted by atomic mass is 9.85. The molecule has 4 bridgehead atoms. The van der Waals surface area contributed by atoms with Crippen molar-refractivity contribution in [2.75, 3.05) is 25.0 Å². The Hall–Kier alpha value is -2.41. The number of oxazole rings is 1. The molecule has 2 aromatic rings. The van der Waals surface area contributed by atoms with Crippen LogP contribution in [0.2, 0.25) is 0 Å². The fourth-order valence-corrected chi connectivity index (χ4v) is 4.18. The van der Waals surface area contributed by atoms with Gasteiger partial charge in [-0.25, -0.2) is 9.97 Å². The summed E-state index contributed by atoms with van der Waals surface area (Å²) in [7, 11) is 0. The van der Waals surface area contributed by atoms with E-state index < -0.39 is 0 Å². The Morgan fingerprint density at radius 3 is 2.79 bits per heavy atom. The number of hydrogen-bond acceptors (Lipinski definition) is 6. The van der Waals surface area contributed by atoms with Crippen LogP contribution in [0.25, 0.3) is 11.5 Å². The first-order chi connectivity index (χ1) is 14.3. The van der Waals surface area contributed by atoms with Crippen molar-refractivity contribution in [2.24, 2.45) is 5.92 Å². The Morgan fingerprint density at radius 2 is 1.90 bits per heavy atom. The first-order valence-electron chi connectivity index (χ1n) is 10.9. The molecule has 0 spiro atoms. The normalized spacial score (nSPS) is 22.3. The predicted octanol–water partition coefficient (Wildman–Crippen LogP) is 4.03. The fourth-order valence-electron chi connectivity index (χ4n) is 4.18. The zero-order valence-corrected chi connectivity index (χ0v) is 16.9. The molecule has 7 nitrogen and oxygen atoms in total. The van der Waals surface area contributed by atoms with Gasteiger partial charge in [0, 0.05) is 31.5 Å². The number of carbonyl (C=O) groups excluding carboxylic acids is 1. The highest BCUT2D eigenvalue weighted by Crippen LogP contribution is 2.28. The molecule has 156 valence electrons. The van der Waals surface area contributed by atoms with Gasteiger partial charge in [-0.05, 0) is 50.2 Å². The lowest BCUT2D eigenvalue weighted by Gasteiger charge is -2.30. The van der Waals surface area contributed by atoms with Gasteiger partial charge in [0.1, 0.15) is 12.1 Å². The Balaban J connectivity index is 1.49. The summed E-state index contributed by atoms with van der Waals surface area (Å²) in [6, 6.07) is 3.73. The molecule has 29 heavy (non-hydrogen) atoms. The number of rotatable bonds is 1. The van der Waals surface area contributed by atoms with Gasteiger partial charge in [-0.2, -0.15) is 0 Å². The highest BCUT2D eigenvalue weighted by Gasteiger charge is 2.25. The lowest BCUT2D eigenvalue weighted by molar-refractivity contribution is -0.0000818. The van der Waals surface area contributed by atoms with Crippen LogP contribution in [0.5, 0.6) is 0 Å². The predicted molar refractivity (Wildman–Crippen MR) is 111 cm³/mol. The highest BCUT2D eigenvalue weighted by atomic mass is 16.5. The second-order valence-corrected chi connectivity index (χ2v) is 7.97. The van der Waals surface area contributed by atoms with E-state index in [4.69, 9.17) is 9.15 Å². The number of fused-ring (bicyclic) bond motifs is 5. The van der Waals surface area contributed by atoms with Crippen LogP contribution >= 0.6 is 0 Å². The van der Waals surface area contributed by atoms with Crippen LogP contribution in [-0.2, 0) is 4.74 Å². The summed E-state index contributed by atoms with van der Waals surface area (Å²) in [6.07, 6.45) is 12.6. The maximum Gasteiger partial charge on any atom is 0.273 e. The summed E-state index contributed by atoms with van der Waals surface area (Å²) in [5.41, 5.74) is 1.09. The minimum atomic E-state index is -0.221. The van der Waals surface area contributed by atoms with Crippen molar-refractivity contribution in [1.29, 1.82) is 0 Å².